The number of anilines is 1. The zero-order chi connectivity index (χ0) is 16.1. The summed E-state index contributed by atoms with van der Waals surface area (Å²) in [6.45, 7) is 0. The number of piperidine rings is 1. The number of imidazole rings is 1. The molecule has 0 aliphatic carbocycles. The van der Waals surface area contributed by atoms with Crippen molar-refractivity contribution >= 4 is 17.0 Å². The van der Waals surface area contributed by atoms with Gasteiger partial charge in [0.25, 0.3) is 0 Å². The van der Waals surface area contributed by atoms with Crippen LogP contribution >= 0.6 is 0 Å². The first kappa shape index (κ1) is 13.9. The van der Waals surface area contributed by atoms with Crippen LogP contribution in [0.15, 0.2) is 43.0 Å². The smallest absolute Gasteiger partial charge is 0.182 e. The molecule has 5 rings (SSSR count). The SMILES string of the molecule is OC1(c2ccccc2)CC2CCC(C1)N2c1ncnc2nc[nH]c12. The number of aliphatic hydroxyl groups is 1. The van der Waals surface area contributed by atoms with Crippen LogP contribution in [0.1, 0.15) is 31.2 Å². The maximum absolute atomic E-state index is 11.3. The molecule has 0 saturated carbocycles. The minimum absolute atomic E-state index is 0.287. The summed E-state index contributed by atoms with van der Waals surface area (Å²) in [6, 6.07) is 10.6. The first-order chi connectivity index (χ1) is 11.7. The van der Waals surface area contributed by atoms with Gasteiger partial charge in [-0.1, -0.05) is 30.3 Å². The first-order valence-corrected chi connectivity index (χ1v) is 8.45. The van der Waals surface area contributed by atoms with Crippen LogP contribution in [0.3, 0.4) is 0 Å². The average molecular weight is 321 g/mol. The number of aromatic nitrogens is 4. The van der Waals surface area contributed by atoms with Crippen molar-refractivity contribution < 1.29 is 5.11 Å². The lowest BCUT2D eigenvalue weighted by atomic mass is 9.80. The predicted molar refractivity (Wildman–Crippen MR) is 90.5 cm³/mol. The number of H-pyrrole nitrogens is 1. The van der Waals surface area contributed by atoms with Crippen LogP contribution in [-0.4, -0.2) is 37.1 Å². The Morgan fingerprint density at radius 2 is 1.79 bits per heavy atom. The number of benzene rings is 1. The standard InChI is InChI=1S/C18H19N5O/c24-18(12-4-2-1-3-5-12)8-13-6-7-14(9-18)23(13)17-15-16(20-10-19-15)21-11-22-17/h1-5,10-11,13-14,24H,6-9H2,(H,19,20,21,22). The molecule has 2 unspecified atom stereocenters. The third-order valence-electron chi connectivity index (χ3n) is 5.53. The molecule has 2 aliphatic rings. The van der Waals surface area contributed by atoms with E-state index in [2.05, 4.69) is 24.8 Å². The van der Waals surface area contributed by atoms with Gasteiger partial charge in [-0.15, -0.1) is 0 Å². The average Bonchev–Trinajstić information content (AvgIpc) is 3.19. The van der Waals surface area contributed by atoms with E-state index in [9.17, 15) is 5.11 Å². The van der Waals surface area contributed by atoms with E-state index >= 15 is 0 Å². The minimum atomic E-state index is -0.746. The number of hydrogen-bond acceptors (Lipinski definition) is 5. The summed E-state index contributed by atoms with van der Waals surface area (Å²) in [5.41, 5.74) is 1.86. The van der Waals surface area contributed by atoms with Gasteiger partial charge in [0, 0.05) is 24.9 Å². The van der Waals surface area contributed by atoms with Crippen molar-refractivity contribution in [2.75, 3.05) is 4.90 Å². The van der Waals surface area contributed by atoms with Crippen LogP contribution in [0.25, 0.3) is 11.2 Å². The van der Waals surface area contributed by atoms with Gasteiger partial charge in [0.1, 0.15) is 11.8 Å². The van der Waals surface area contributed by atoms with Crippen molar-refractivity contribution in [2.45, 2.75) is 43.4 Å². The molecular weight excluding hydrogens is 302 g/mol. The predicted octanol–water partition coefficient (Wildman–Crippen LogP) is 2.37. The molecule has 122 valence electrons. The Hall–Kier alpha value is -2.47. The number of hydrogen-bond donors (Lipinski definition) is 2. The summed E-state index contributed by atoms with van der Waals surface area (Å²) in [6.07, 6.45) is 6.87. The van der Waals surface area contributed by atoms with Gasteiger partial charge in [0.15, 0.2) is 11.5 Å². The van der Waals surface area contributed by atoms with Gasteiger partial charge in [-0.25, -0.2) is 15.0 Å². The molecule has 4 heterocycles. The van der Waals surface area contributed by atoms with Crippen molar-refractivity contribution in [3.8, 4) is 0 Å². The number of fused-ring (bicyclic) bond motifs is 3. The molecule has 0 radical (unpaired) electrons. The van der Waals surface area contributed by atoms with Crippen LogP contribution in [-0.2, 0) is 5.60 Å². The molecule has 24 heavy (non-hydrogen) atoms. The van der Waals surface area contributed by atoms with Crippen LogP contribution in [0.4, 0.5) is 5.82 Å². The summed E-state index contributed by atoms with van der Waals surface area (Å²) in [4.78, 5) is 18.5. The lowest BCUT2D eigenvalue weighted by molar-refractivity contribution is -0.00313. The third kappa shape index (κ3) is 1.96. The van der Waals surface area contributed by atoms with Crippen LogP contribution in [0.5, 0.6) is 0 Å². The molecule has 3 aromatic rings. The topological polar surface area (TPSA) is 77.9 Å². The van der Waals surface area contributed by atoms with E-state index in [4.69, 9.17) is 0 Å². The Morgan fingerprint density at radius 3 is 2.54 bits per heavy atom. The van der Waals surface area contributed by atoms with Gasteiger partial charge in [-0.05, 0) is 18.4 Å². The van der Waals surface area contributed by atoms with Gasteiger partial charge in [0.2, 0.25) is 0 Å². The monoisotopic (exact) mass is 321 g/mol. The van der Waals surface area contributed by atoms with E-state index in [0.717, 1.165) is 42.6 Å². The van der Waals surface area contributed by atoms with Gasteiger partial charge in [-0.2, -0.15) is 0 Å². The second-order valence-electron chi connectivity index (χ2n) is 6.90. The Bertz CT molecular complexity index is 863. The van der Waals surface area contributed by atoms with Crippen molar-refractivity contribution in [1.82, 2.24) is 19.9 Å². The van der Waals surface area contributed by atoms with E-state index in [1.807, 2.05) is 30.3 Å². The highest BCUT2D eigenvalue weighted by molar-refractivity contribution is 5.83. The normalized spacial score (nSPS) is 29.3. The number of nitrogens with one attached hydrogen (secondary N) is 1. The minimum Gasteiger partial charge on any atom is -0.385 e. The maximum Gasteiger partial charge on any atom is 0.182 e. The van der Waals surface area contributed by atoms with Crippen molar-refractivity contribution in [3.63, 3.8) is 0 Å². The van der Waals surface area contributed by atoms with Crippen LogP contribution in [0, 0.1) is 0 Å². The zero-order valence-electron chi connectivity index (χ0n) is 13.3. The first-order valence-electron chi connectivity index (χ1n) is 8.45. The summed E-state index contributed by atoms with van der Waals surface area (Å²) >= 11 is 0. The molecule has 2 fully saturated rings. The third-order valence-corrected chi connectivity index (χ3v) is 5.53. The highest BCUT2D eigenvalue weighted by Crippen LogP contribution is 2.47. The Kier molecular flexibility index (Phi) is 2.91. The van der Waals surface area contributed by atoms with Crippen molar-refractivity contribution in [3.05, 3.63) is 48.5 Å². The summed E-state index contributed by atoms with van der Waals surface area (Å²) in [5, 5.41) is 11.3. The largest absolute Gasteiger partial charge is 0.385 e. The molecule has 2 bridgehead atoms. The van der Waals surface area contributed by atoms with Gasteiger partial charge >= 0.3 is 0 Å². The number of nitrogens with zero attached hydrogens (tertiary/aromatic N) is 4. The number of aromatic amines is 1. The molecule has 2 aromatic heterocycles. The highest BCUT2D eigenvalue weighted by Gasteiger charge is 2.49. The van der Waals surface area contributed by atoms with Crippen molar-refractivity contribution in [2.24, 2.45) is 0 Å². The number of rotatable bonds is 2. The second-order valence-corrected chi connectivity index (χ2v) is 6.90. The lowest BCUT2D eigenvalue weighted by Gasteiger charge is -2.44. The molecule has 6 heteroatoms. The Morgan fingerprint density at radius 1 is 1.04 bits per heavy atom. The molecule has 6 nitrogen and oxygen atoms in total. The van der Waals surface area contributed by atoms with Crippen molar-refractivity contribution in [1.29, 1.82) is 0 Å². The van der Waals surface area contributed by atoms with E-state index in [-0.39, 0.29) is 12.1 Å². The van der Waals surface area contributed by atoms with E-state index < -0.39 is 5.60 Å². The zero-order valence-corrected chi connectivity index (χ0v) is 13.3. The Balaban J connectivity index is 1.53. The highest BCUT2D eigenvalue weighted by atomic mass is 16.3. The molecule has 2 saturated heterocycles. The summed E-state index contributed by atoms with van der Waals surface area (Å²) < 4.78 is 0. The lowest BCUT2D eigenvalue weighted by Crippen LogP contribution is -2.50. The fourth-order valence-corrected chi connectivity index (χ4v) is 4.50. The molecule has 0 amide bonds. The fourth-order valence-electron chi connectivity index (χ4n) is 4.50. The van der Waals surface area contributed by atoms with E-state index in [0.29, 0.717) is 5.65 Å². The molecule has 2 atom stereocenters. The van der Waals surface area contributed by atoms with Crippen LogP contribution < -0.4 is 4.90 Å². The van der Waals surface area contributed by atoms with Gasteiger partial charge in [0.05, 0.1) is 11.9 Å². The van der Waals surface area contributed by atoms with Gasteiger partial charge in [-0.3, -0.25) is 0 Å². The molecule has 2 aliphatic heterocycles. The summed E-state index contributed by atoms with van der Waals surface area (Å²) in [5.74, 6) is 0.917. The van der Waals surface area contributed by atoms with E-state index in [1.54, 1.807) is 12.7 Å². The second kappa shape index (κ2) is 5.01. The van der Waals surface area contributed by atoms with E-state index in [1.165, 1.54) is 0 Å². The maximum atomic E-state index is 11.3. The quantitative estimate of drug-likeness (QED) is 0.758. The Labute approximate surface area is 139 Å². The molecule has 0 spiro atoms. The van der Waals surface area contributed by atoms with Gasteiger partial charge < -0.3 is 15.0 Å². The summed E-state index contributed by atoms with van der Waals surface area (Å²) in [7, 11) is 0. The molecular formula is C18H19N5O. The fraction of sp³-hybridized carbons (Fsp3) is 0.389. The molecule has 2 N–H and O–H groups in total. The molecule has 1 aromatic carbocycles. The van der Waals surface area contributed by atoms with Crippen LogP contribution in [0.2, 0.25) is 0 Å².